The van der Waals surface area contributed by atoms with Crippen LogP contribution in [0.1, 0.15) is 33.0 Å². The molecule has 0 atom stereocenters. The summed E-state index contributed by atoms with van der Waals surface area (Å²) in [5, 5.41) is 6.31. The Morgan fingerprint density at radius 1 is 1.13 bits per heavy atom. The molecule has 1 rings (SSSR count). The Morgan fingerprint density at radius 2 is 1.80 bits per heavy atom. The van der Waals surface area contributed by atoms with E-state index in [4.69, 9.17) is 0 Å². The summed E-state index contributed by atoms with van der Waals surface area (Å²) < 4.78 is 0. The summed E-state index contributed by atoms with van der Waals surface area (Å²) in [6.45, 7) is 8.96. The number of aromatic nitrogens is 3. The van der Waals surface area contributed by atoms with Crippen LogP contribution in [0.2, 0.25) is 0 Å². The van der Waals surface area contributed by atoms with Crippen molar-refractivity contribution in [1.29, 1.82) is 0 Å². The van der Waals surface area contributed by atoms with Crippen molar-refractivity contribution in [2.24, 2.45) is 0 Å². The fourth-order valence-electron chi connectivity index (χ4n) is 1.12. The summed E-state index contributed by atoms with van der Waals surface area (Å²) in [6, 6.07) is 0.325. The maximum atomic E-state index is 4.27. The van der Waals surface area contributed by atoms with Crippen LogP contribution in [0.3, 0.4) is 0 Å². The van der Waals surface area contributed by atoms with Crippen molar-refractivity contribution in [3.05, 3.63) is 5.82 Å². The van der Waals surface area contributed by atoms with Gasteiger partial charge in [-0.3, -0.25) is 0 Å². The number of nitrogens with zero attached hydrogens (tertiary/aromatic N) is 3. The lowest BCUT2D eigenvalue weighted by atomic mass is 10.4. The first-order valence-corrected chi connectivity index (χ1v) is 5.35. The Balaban J connectivity index is 2.75. The van der Waals surface area contributed by atoms with Crippen molar-refractivity contribution in [2.45, 2.75) is 40.2 Å². The topological polar surface area (TPSA) is 62.7 Å². The van der Waals surface area contributed by atoms with Crippen LogP contribution in [0, 0.1) is 6.92 Å². The molecule has 0 spiro atoms. The fourth-order valence-corrected chi connectivity index (χ4v) is 1.12. The van der Waals surface area contributed by atoms with Gasteiger partial charge in [-0.15, -0.1) is 0 Å². The molecule has 0 bridgehead atoms. The van der Waals surface area contributed by atoms with Crippen molar-refractivity contribution in [3.8, 4) is 0 Å². The highest BCUT2D eigenvalue weighted by atomic mass is 15.2. The SMILES string of the molecule is CCCNc1nc(C)nc(NC(C)C)n1. The molecule has 2 N–H and O–H groups in total. The average molecular weight is 209 g/mol. The first-order chi connectivity index (χ1) is 7.11. The highest BCUT2D eigenvalue weighted by molar-refractivity contribution is 5.34. The maximum absolute atomic E-state index is 4.27. The van der Waals surface area contributed by atoms with Crippen molar-refractivity contribution in [3.63, 3.8) is 0 Å². The molecule has 0 aliphatic heterocycles. The van der Waals surface area contributed by atoms with Gasteiger partial charge in [-0.2, -0.15) is 15.0 Å². The number of hydrogen-bond donors (Lipinski definition) is 2. The molecule has 5 heteroatoms. The molecule has 0 unspecified atom stereocenters. The van der Waals surface area contributed by atoms with Gasteiger partial charge < -0.3 is 10.6 Å². The van der Waals surface area contributed by atoms with Crippen LogP contribution in [0.15, 0.2) is 0 Å². The smallest absolute Gasteiger partial charge is 0.227 e. The van der Waals surface area contributed by atoms with E-state index < -0.39 is 0 Å². The molecular weight excluding hydrogens is 190 g/mol. The van der Waals surface area contributed by atoms with E-state index >= 15 is 0 Å². The molecular formula is C10H19N5. The van der Waals surface area contributed by atoms with E-state index in [2.05, 4.69) is 46.4 Å². The first kappa shape index (κ1) is 11.7. The van der Waals surface area contributed by atoms with E-state index in [1.54, 1.807) is 0 Å². The predicted octanol–water partition coefficient (Wildman–Crippen LogP) is 1.82. The molecule has 0 aromatic carbocycles. The second kappa shape index (κ2) is 5.48. The Labute approximate surface area is 90.7 Å². The van der Waals surface area contributed by atoms with Crippen molar-refractivity contribution in [1.82, 2.24) is 15.0 Å². The Bertz CT molecular complexity index is 311. The van der Waals surface area contributed by atoms with Gasteiger partial charge in [0.15, 0.2) is 0 Å². The van der Waals surface area contributed by atoms with Gasteiger partial charge in [-0.05, 0) is 27.2 Å². The van der Waals surface area contributed by atoms with E-state index in [-0.39, 0.29) is 0 Å². The highest BCUT2D eigenvalue weighted by Crippen LogP contribution is 2.06. The zero-order valence-corrected chi connectivity index (χ0v) is 9.83. The number of nitrogens with one attached hydrogen (secondary N) is 2. The molecule has 0 fully saturated rings. The lowest BCUT2D eigenvalue weighted by Crippen LogP contribution is -2.15. The van der Waals surface area contributed by atoms with Crippen molar-refractivity contribution >= 4 is 11.9 Å². The minimum atomic E-state index is 0.325. The van der Waals surface area contributed by atoms with Crippen LogP contribution in [-0.2, 0) is 0 Å². The third-order valence-corrected chi connectivity index (χ3v) is 1.70. The van der Waals surface area contributed by atoms with E-state index in [1.165, 1.54) is 0 Å². The standard InChI is InChI=1S/C10H19N5/c1-5-6-11-9-13-8(4)14-10(15-9)12-7(2)3/h7H,5-6H2,1-4H3,(H2,11,12,13,14,15). The summed E-state index contributed by atoms with van der Waals surface area (Å²) in [4.78, 5) is 12.7. The van der Waals surface area contributed by atoms with E-state index in [1.807, 2.05) is 6.92 Å². The molecule has 5 nitrogen and oxygen atoms in total. The monoisotopic (exact) mass is 209 g/mol. The number of rotatable bonds is 5. The van der Waals surface area contributed by atoms with Gasteiger partial charge in [0.2, 0.25) is 11.9 Å². The molecule has 0 aliphatic rings. The summed E-state index contributed by atoms with van der Waals surface area (Å²) >= 11 is 0. The summed E-state index contributed by atoms with van der Waals surface area (Å²) in [5.41, 5.74) is 0. The minimum Gasteiger partial charge on any atom is -0.354 e. The Kier molecular flexibility index (Phi) is 4.27. The maximum Gasteiger partial charge on any atom is 0.227 e. The molecule has 1 aromatic heterocycles. The van der Waals surface area contributed by atoms with Crippen LogP contribution in [0.5, 0.6) is 0 Å². The number of hydrogen-bond acceptors (Lipinski definition) is 5. The quantitative estimate of drug-likeness (QED) is 0.774. The summed E-state index contributed by atoms with van der Waals surface area (Å²) in [7, 11) is 0. The van der Waals surface area contributed by atoms with Gasteiger partial charge in [0.1, 0.15) is 5.82 Å². The van der Waals surface area contributed by atoms with Crippen LogP contribution >= 0.6 is 0 Å². The lowest BCUT2D eigenvalue weighted by Gasteiger charge is -2.10. The molecule has 1 aromatic rings. The Morgan fingerprint density at radius 3 is 2.40 bits per heavy atom. The molecule has 0 radical (unpaired) electrons. The van der Waals surface area contributed by atoms with Gasteiger partial charge in [-0.1, -0.05) is 6.92 Å². The van der Waals surface area contributed by atoms with Gasteiger partial charge in [0.05, 0.1) is 0 Å². The molecule has 15 heavy (non-hydrogen) atoms. The summed E-state index contributed by atoms with van der Waals surface area (Å²) in [5.74, 6) is 2.01. The van der Waals surface area contributed by atoms with E-state index in [9.17, 15) is 0 Å². The third kappa shape index (κ3) is 4.10. The highest BCUT2D eigenvalue weighted by Gasteiger charge is 2.03. The van der Waals surface area contributed by atoms with Crippen molar-refractivity contribution in [2.75, 3.05) is 17.2 Å². The second-order valence-electron chi connectivity index (χ2n) is 3.76. The zero-order valence-electron chi connectivity index (χ0n) is 9.83. The second-order valence-corrected chi connectivity index (χ2v) is 3.76. The minimum absolute atomic E-state index is 0.325. The Hall–Kier alpha value is -1.39. The summed E-state index contributed by atoms with van der Waals surface area (Å²) in [6.07, 6.45) is 1.05. The largest absolute Gasteiger partial charge is 0.354 e. The third-order valence-electron chi connectivity index (χ3n) is 1.70. The molecule has 1 heterocycles. The molecule has 0 saturated carbocycles. The van der Waals surface area contributed by atoms with Crippen LogP contribution in [0.4, 0.5) is 11.9 Å². The van der Waals surface area contributed by atoms with Crippen LogP contribution in [0.25, 0.3) is 0 Å². The molecule has 84 valence electrons. The van der Waals surface area contributed by atoms with Gasteiger partial charge in [-0.25, -0.2) is 0 Å². The number of anilines is 2. The van der Waals surface area contributed by atoms with Crippen LogP contribution in [-0.4, -0.2) is 27.5 Å². The van der Waals surface area contributed by atoms with Gasteiger partial charge >= 0.3 is 0 Å². The van der Waals surface area contributed by atoms with Gasteiger partial charge in [0, 0.05) is 12.6 Å². The fraction of sp³-hybridized carbons (Fsp3) is 0.700. The van der Waals surface area contributed by atoms with Gasteiger partial charge in [0.25, 0.3) is 0 Å². The van der Waals surface area contributed by atoms with Crippen LogP contribution < -0.4 is 10.6 Å². The first-order valence-electron chi connectivity index (χ1n) is 5.35. The van der Waals surface area contributed by atoms with Crippen molar-refractivity contribution < 1.29 is 0 Å². The normalized spacial score (nSPS) is 10.5. The zero-order chi connectivity index (χ0) is 11.3. The molecule has 0 aliphatic carbocycles. The molecule has 0 saturated heterocycles. The molecule has 0 amide bonds. The number of aryl methyl sites for hydroxylation is 1. The predicted molar refractivity (Wildman–Crippen MR) is 62.1 cm³/mol. The van der Waals surface area contributed by atoms with E-state index in [0.29, 0.717) is 17.9 Å². The lowest BCUT2D eigenvalue weighted by molar-refractivity contribution is 0.852. The average Bonchev–Trinajstić information content (AvgIpc) is 2.12. The van der Waals surface area contributed by atoms with E-state index in [0.717, 1.165) is 18.8 Å².